The Kier molecular flexibility index (Phi) is 4.31. The fraction of sp³-hybridized carbons (Fsp3) is 0.217. The molecule has 1 saturated carbocycles. The molecule has 0 N–H and O–H groups in total. The Labute approximate surface area is 151 Å². The molecule has 1 fully saturated rings. The Bertz CT molecular complexity index is 944. The second kappa shape index (κ2) is 6.64. The maximum absolute atomic E-state index is 14.5. The molecular formula is C23H19F3. The van der Waals surface area contributed by atoms with E-state index in [-0.39, 0.29) is 5.56 Å². The topological polar surface area (TPSA) is 0 Å². The molecule has 132 valence electrons. The van der Waals surface area contributed by atoms with Crippen molar-refractivity contribution < 1.29 is 13.2 Å². The zero-order valence-electron chi connectivity index (χ0n) is 14.5. The van der Waals surface area contributed by atoms with E-state index < -0.39 is 17.5 Å². The van der Waals surface area contributed by atoms with Gasteiger partial charge in [0.1, 0.15) is 5.82 Å². The molecule has 2 unspecified atom stereocenters. The van der Waals surface area contributed by atoms with E-state index in [1.165, 1.54) is 24.1 Å². The van der Waals surface area contributed by atoms with Crippen molar-refractivity contribution in [1.29, 1.82) is 0 Å². The number of halogens is 3. The second-order valence-corrected chi connectivity index (χ2v) is 7.20. The molecule has 4 rings (SSSR count). The summed E-state index contributed by atoms with van der Waals surface area (Å²) in [6.45, 7) is 2.27. The molecule has 0 aromatic heterocycles. The first-order valence-electron chi connectivity index (χ1n) is 8.85. The molecule has 0 heterocycles. The highest BCUT2D eigenvalue weighted by molar-refractivity contribution is 5.71. The Morgan fingerprint density at radius 1 is 0.731 bits per heavy atom. The van der Waals surface area contributed by atoms with Crippen molar-refractivity contribution >= 4 is 0 Å². The third-order valence-corrected chi connectivity index (χ3v) is 5.26. The van der Waals surface area contributed by atoms with Crippen LogP contribution in [0.15, 0.2) is 60.7 Å². The smallest absolute Gasteiger partial charge is 0.159 e. The monoisotopic (exact) mass is 352 g/mol. The van der Waals surface area contributed by atoms with E-state index >= 15 is 0 Å². The van der Waals surface area contributed by atoms with Gasteiger partial charge in [-0.1, -0.05) is 49.4 Å². The lowest BCUT2D eigenvalue weighted by Crippen LogP contribution is -1.91. The molecule has 3 aromatic carbocycles. The maximum atomic E-state index is 14.5. The van der Waals surface area contributed by atoms with Crippen LogP contribution in [0.1, 0.15) is 18.9 Å². The summed E-state index contributed by atoms with van der Waals surface area (Å²) in [6.07, 6.45) is 2.41. The van der Waals surface area contributed by atoms with Crippen molar-refractivity contribution in [1.82, 2.24) is 0 Å². The van der Waals surface area contributed by atoms with Gasteiger partial charge in [0.2, 0.25) is 0 Å². The molecule has 0 saturated heterocycles. The lowest BCUT2D eigenvalue weighted by molar-refractivity contribution is 0.509. The average molecular weight is 352 g/mol. The number of benzene rings is 3. The van der Waals surface area contributed by atoms with Crippen LogP contribution < -0.4 is 0 Å². The van der Waals surface area contributed by atoms with E-state index in [1.54, 1.807) is 12.1 Å². The van der Waals surface area contributed by atoms with Gasteiger partial charge in [0.15, 0.2) is 11.6 Å². The van der Waals surface area contributed by atoms with Crippen LogP contribution in [0.3, 0.4) is 0 Å². The maximum Gasteiger partial charge on any atom is 0.159 e. The summed E-state index contributed by atoms with van der Waals surface area (Å²) < 4.78 is 41.0. The Balaban J connectivity index is 1.58. The summed E-state index contributed by atoms with van der Waals surface area (Å²) in [4.78, 5) is 0. The van der Waals surface area contributed by atoms with E-state index in [1.807, 2.05) is 12.1 Å². The lowest BCUT2D eigenvalue weighted by atomic mass is 9.98. The molecule has 1 aliphatic carbocycles. The highest BCUT2D eigenvalue weighted by Crippen LogP contribution is 2.40. The van der Waals surface area contributed by atoms with Gasteiger partial charge in [-0.3, -0.25) is 0 Å². The molecule has 3 aromatic rings. The van der Waals surface area contributed by atoms with Crippen LogP contribution in [0, 0.1) is 29.3 Å². The molecule has 26 heavy (non-hydrogen) atoms. The van der Waals surface area contributed by atoms with Crippen molar-refractivity contribution in [3.63, 3.8) is 0 Å². The normalized spacial score (nSPS) is 18.8. The Morgan fingerprint density at radius 3 is 1.96 bits per heavy atom. The Hall–Kier alpha value is -2.55. The second-order valence-electron chi connectivity index (χ2n) is 7.20. The fourth-order valence-corrected chi connectivity index (χ4v) is 3.41. The van der Waals surface area contributed by atoms with E-state index in [0.29, 0.717) is 5.56 Å². The van der Waals surface area contributed by atoms with Crippen molar-refractivity contribution in [2.24, 2.45) is 11.8 Å². The third kappa shape index (κ3) is 3.39. The summed E-state index contributed by atoms with van der Waals surface area (Å²) in [5, 5.41) is 0. The van der Waals surface area contributed by atoms with Crippen LogP contribution >= 0.6 is 0 Å². The average Bonchev–Trinajstić information content (AvgIpc) is 3.33. The van der Waals surface area contributed by atoms with Gasteiger partial charge in [-0.2, -0.15) is 0 Å². The summed E-state index contributed by atoms with van der Waals surface area (Å²) in [5.74, 6) is -0.747. The van der Waals surface area contributed by atoms with Crippen molar-refractivity contribution in [2.75, 3.05) is 0 Å². The van der Waals surface area contributed by atoms with E-state index in [9.17, 15) is 13.2 Å². The van der Waals surface area contributed by atoms with Gasteiger partial charge in [-0.05, 0) is 65.1 Å². The van der Waals surface area contributed by atoms with Crippen LogP contribution in [-0.2, 0) is 6.42 Å². The van der Waals surface area contributed by atoms with Crippen molar-refractivity contribution in [3.05, 3.63) is 83.7 Å². The summed E-state index contributed by atoms with van der Waals surface area (Å²) in [7, 11) is 0. The van der Waals surface area contributed by atoms with Crippen LogP contribution in [0.2, 0.25) is 0 Å². The van der Waals surface area contributed by atoms with Gasteiger partial charge < -0.3 is 0 Å². The number of hydrogen-bond acceptors (Lipinski definition) is 0. The van der Waals surface area contributed by atoms with Gasteiger partial charge in [0.05, 0.1) is 0 Å². The molecule has 0 amide bonds. The number of hydrogen-bond donors (Lipinski definition) is 0. The molecule has 3 heteroatoms. The minimum atomic E-state index is -0.980. The van der Waals surface area contributed by atoms with E-state index in [4.69, 9.17) is 0 Å². The van der Waals surface area contributed by atoms with Crippen LogP contribution in [0.5, 0.6) is 0 Å². The predicted molar refractivity (Wildman–Crippen MR) is 98.2 cm³/mol. The van der Waals surface area contributed by atoms with Gasteiger partial charge >= 0.3 is 0 Å². The van der Waals surface area contributed by atoms with Gasteiger partial charge in [0.25, 0.3) is 0 Å². The highest BCUT2D eigenvalue weighted by Gasteiger charge is 2.32. The number of rotatable bonds is 4. The van der Waals surface area contributed by atoms with Crippen molar-refractivity contribution in [3.8, 4) is 22.3 Å². The first kappa shape index (κ1) is 16.9. The van der Waals surface area contributed by atoms with Crippen LogP contribution in [0.25, 0.3) is 22.3 Å². The summed E-state index contributed by atoms with van der Waals surface area (Å²) >= 11 is 0. The van der Waals surface area contributed by atoms with Crippen LogP contribution in [-0.4, -0.2) is 0 Å². The SMILES string of the molecule is CC1CC1Cc1ccc(-c2ccc(-c3ccc(F)c(F)c3)c(F)c2)cc1. The minimum absolute atomic E-state index is 0.256. The molecular weight excluding hydrogens is 333 g/mol. The quantitative estimate of drug-likeness (QED) is 0.494. The minimum Gasteiger partial charge on any atom is -0.206 e. The molecule has 0 bridgehead atoms. The molecule has 0 spiro atoms. The van der Waals surface area contributed by atoms with Gasteiger partial charge in [-0.15, -0.1) is 0 Å². The first-order valence-corrected chi connectivity index (χ1v) is 8.85. The van der Waals surface area contributed by atoms with Crippen LogP contribution in [0.4, 0.5) is 13.2 Å². The first-order chi connectivity index (χ1) is 12.5. The van der Waals surface area contributed by atoms with Crippen molar-refractivity contribution in [2.45, 2.75) is 19.8 Å². The van der Waals surface area contributed by atoms with E-state index in [2.05, 4.69) is 19.1 Å². The fourth-order valence-electron chi connectivity index (χ4n) is 3.41. The molecule has 0 aliphatic heterocycles. The van der Waals surface area contributed by atoms with Gasteiger partial charge in [-0.25, -0.2) is 13.2 Å². The zero-order chi connectivity index (χ0) is 18.3. The predicted octanol–water partition coefficient (Wildman–Crippen LogP) is 6.64. The molecule has 1 aliphatic rings. The lowest BCUT2D eigenvalue weighted by Gasteiger charge is -2.08. The molecule has 0 nitrogen and oxygen atoms in total. The van der Waals surface area contributed by atoms with E-state index in [0.717, 1.165) is 41.5 Å². The Morgan fingerprint density at radius 2 is 1.35 bits per heavy atom. The highest BCUT2D eigenvalue weighted by atomic mass is 19.2. The molecule has 2 atom stereocenters. The summed E-state index contributed by atoms with van der Waals surface area (Å²) in [6, 6.07) is 16.5. The largest absolute Gasteiger partial charge is 0.206 e. The zero-order valence-corrected chi connectivity index (χ0v) is 14.5. The molecule has 0 radical (unpaired) electrons. The summed E-state index contributed by atoms with van der Waals surface area (Å²) in [5.41, 5.74) is 3.59. The van der Waals surface area contributed by atoms with Gasteiger partial charge in [0, 0.05) is 5.56 Å². The third-order valence-electron chi connectivity index (χ3n) is 5.26. The standard InChI is InChI=1S/C23H19F3/c1-14-10-19(14)11-15-2-4-16(5-3-15)17-6-8-20(22(25)12-17)18-7-9-21(24)23(26)13-18/h2-9,12-14,19H,10-11H2,1H3.